The number of benzene rings is 2. The minimum Gasteiger partial charge on any atom is -0.495 e. The number of hydrogen-bond acceptors (Lipinski definition) is 4. The van der Waals surface area contributed by atoms with Crippen molar-refractivity contribution < 1.29 is 19.1 Å². The van der Waals surface area contributed by atoms with Crippen molar-refractivity contribution in [1.29, 1.82) is 0 Å². The van der Waals surface area contributed by atoms with E-state index in [9.17, 15) is 14.4 Å². The Bertz CT molecular complexity index is 1370. The summed E-state index contributed by atoms with van der Waals surface area (Å²) in [6, 6.07) is 14.5. The van der Waals surface area contributed by atoms with Crippen LogP contribution in [-0.4, -0.2) is 41.0 Å². The predicted molar refractivity (Wildman–Crippen MR) is 135 cm³/mol. The standard InChI is InChI=1S/C27H28N4O4/c1-16-10-11-23(17(2)12-16)31-18(3)13-20(19(31)4)14-22-26(33)30(27(34)29-22)15-25(32)28-21-8-6-7-9-24(21)35-5/h6-14H,15H2,1-5H3,(H,28,32)(H,29,34)/b22-14+. The monoisotopic (exact) mass is 472 g/mol. The van der Waals surface area contributed by atoms with E-state index in [4.69, 9.17) is 4.74 Å². The van der Waals surface area contributed by atoms with E-state index in [1.165, 1.54) is 12.7 Å². The van der Waals surface area contributed by atoms with E-state index in [1.54, 1.807) is 30.3 Å². The van der Waals surface area contributed by atoms with Crippen molar-refractivity contribution in [2.45, 2.75) is 27.7 Å². The zero-order valence-electron chi connectivity index (χ0n) is 20.4. The predicted octanol–water partition coefficient (Wildman–Crippen LogP) is 4.25. The number of nitrogens with one attached hydrogen (secondary N) is 2. The van der Waals surface area contributed by atoms with Crippen LogP contribution in [0.1, 0.15) is 28.1 Å². The Morgan fingerprint density at radius 2 is 1.80 bits per heavy atom. The van der Waals surface area contributed by atoms with E-state index in [0.29, 0.717) is 11.4 Å². The zero-order chi connectivity index (χ0) is 25.3. The van der Waals surface area contributed by atoms with E-state index in [0.717, 1.165) is 33.1 Å². The number of nitrogens with zero attached hydrogens (tertiary/aromatic N) is 2. The molecule has 0 unspecified atom stereocenters. The van der Waals surface area contributed by atoms with Crippen molar-refractivity contribution in [2.75, 3.05) is 19.0 Å². The van der Waals surface area contributed by atoms with Crippen LogP contribution < -0.4 is 15.4 Å². The molecule has 0 aliphatic carbocycles. The minimum atomic E-state index is -0.639. The van der Waals surface area contributed by atoms with Gasteiger partial charge in [0, 0.05) is 17.1 Å². The number of rotatable bonds is 6. The van der Waals surface area contributed by atoms with Gasteiger partial charge in [-0.1, -0.05) is 29.8 Å². The Morgan fingerprint density at radius 1 is 1.06 bits per heavy atom. The van der Waals surface area contributed by atoms with Gasteiger partial charge in [-0.2, -0.15) is 0 Å². The quantitative estimate of drug-likeness (QED) is 0.414. The fourth-order valence-corrected chi connectivity index (χ4v) is 4.31. The number of carbonyl (C=O) groups excluding carboxylic acids is 3. The molecule has 1 aliphatic rings. The lowest BCUT2D eigenvalue weighted by Crippen LogP contribution is -2.38. The van der Waals surface area contributed by atoms with Gasteiger partial charge in [-0.15, -0.1) is 0 Å². The number of aryl methyl sites for hydroxylation is 3. The molecule has 1 saturated heterocycles. The Labute approximate surface area is 204 Å². The number of hydrogen-bond donors (Lipinski definition) is 2. The highest BCUT2D eigenvalue weighted by Gasteiger charge is 2.35. The first-order chi connectivity index (χ1) is 16.7. The van der Waals surface area contributed by atoms with Crippen molar-refractivity contribution in [2.24, 2.45) is 0 Å². The van der Waals surface area contributed by atoms with Crippen molar-refractivity contribution in [1.82, 2.24) is 14.8 Å². The average molecular weight is 473 g/mol. The molecule has 2 heterocycles. The molecule has 0 saturated carbocycles. The number of amides is 4. The molecule has 4 amide bonds. The molecule has 35 heavy (non-hydrogen) atoms. The molecule has 1 aromatic heterocycles. The highest BCUT2D eigenvalue weighted by molar-refractivity contribution is 6.16. The normalized spacial score (nSPS) is 14.4. The Kier molecular flexibility index (Phi) is 6.46. The SMILES string of the molecule is COc1ccccc1NC(=O)CN1C(=O)N/C(=C/c2cc(C)n(-c3ccc(C)cc3C)c2C)C1=O. The molecular formula is C27H28N4O4. The van der Waals surface area contributed by atoms with Crippen LogP contribution in [-0.2, 0) is 9.59 Å². The van der Waals surface area contributed by atoms with Gasteiger partial charge in [-0.3, -0.25) is 9.59 Å². The Balaban J connectivity index is 1.55. The molecule has 1 aliphatic heterocycles. The third kappa shape index (κ3) is 4.68. The second-order valence-corrected chi connectivity index (χ2v) is 8.58. The van der Waals surface area contributed by atoms with Gasteiger partial charge in [0.05, 0.1) is 12.8 Å². The molecule has 0 radical (unpaired) electrons. The van der Waals surface area contributed by atoms with E-state index in [-0.39, 0.29) is 5.70 Å². The van der Waals surface area contributed by atoms with Crippen LogP contribution in [0, 0.1) is 27.7 Å². The maximum atomic E-state index is 13.0. The lowest BCUT2D eigenvalue weighted by Gasteiger charge is -2.13. The number of methoxy groups -OCH3 is 1. The molecule has 0 spiro atoms. The third-order valence-electron chi connectivity index (χ3n) is 6.01. The molecule has 3 aromatic rings. The minimum absolute atomic E-state index is 0.126. The molecule has 2 N–H and O–H groups in total. The summed E-state index contributed by atoms with van der Waals surface area (Å²) in [6.45, 7) is 7.67. The fourth-order valence-electron chi connectivity index (χ4n) is 4.31. The van der Waals surface area contributed by atoms with Crippen LogP contribution in [0.3, 0.4) is 0 Å². The second-order valence-electron chi connectivity index (χ2n) is 8.58. The van der Waals surface area contributed by atoms with E-state index in [2.05, 4.69) is 47.2 Å². The highest BCUT2D eigenvalue weighted by atomic mass is 16.5. The Hall–Kier alpha value is -4.33. The van der Waals surface area contributed by atoms with Crippen LogP contribution in [0.2, 0.25) is 0 Å². The molecule has 2 aromatic carbocycles. The first-order valence-electron chi connectivity index (χ1n) is 11.2. The van der Waals surface area contributed by atoms with E-state index >= 15 is 0 Å². The van der Waals surface area contributed by atoms with Crippen molar-refractivity contribution in [3.63, 3.8) is 0 Å². The van der Waals surface area contributed by atoms with Crippen LogP contribution in [0.15, 0.2) is 54.2 Å². The highest BCUT2D eigenvalue weighted by Crippen LogP contribution is 2.27. The van der Waals surface area contributed by atoms with Gasteiger partial charge >= 0.3 is 6.03 Å². The van der Waals surface area contributed by atoms with Crippen molar-refractivity contribution >= 4 is 29.6 Å². The molecular weight excluding hydrogens is 444 g/mol. The van der Waals surface area contributed by atoms with Crippen molar-refractivity contribution in [3.05, 3.63) is 82.3 Å². The second kappa shape index (κ2) is 9.50. The number of carbonyl (C=O) groups is 3. The molecule has 1 fully saturated rings. The van der Waals surface area contributed by atoms with Gasteiger partial charge in [-0.05, 0) is 69.2 Å². The number of aromatic nitrogens is 1. The number of urea groups is 1. The molecule has 180 valence electrons. The summed E-state index contributed by atoms with van der Waals surface area (Å²) >= 11 is 0. The summed E-state index contributed by atoms with van der Waals surface area (Å²) in [5, 5.41) is 5.27. The summed E-state index contributed by atoms with van der Waals surface area (Å²) in [5.74, 6) is -0.577. The van der Waals surface area contributed by atoms with Gasteiger partial charge in [-0.25, -0.2) is 9.69 Å². The molecule has 0 atom stereocenters. The fraction of sp³-hybridized carbons (Fsp3) is 0.222. The summed E-state index contributed by atoms with van der Waals surface area (Å²) in [6.07, 6.45) is 1.65. The lowest BCUT2D eigenvalue weighted by molar-refractivity contribution is -0.127. The number of ether oxygens (including phenoxy) is 1. The number of imide groups is 1. The first-order valence-corrected chi connectivity index (χ1v) is 11.2. The van der Waals surface area contributed by atoms with Gasteiger partial charge in [0.15, 0.2) is 0 Å². The Morgan fingerprint density at radius 3 is 2.51 bits per heavy atom. The maximum absolute atomic E-state index is 13.0. The smallest absolute Gasteiger partial charge is 0.329 e. The molecule has 4 rings (SSSR count). The van der Waals surface area contributed by atoms with E-state index < -0.39 is 24.4 Å². The van der Waals surface area contributed by atoms with E-state index in [1.807, 2.05) is 19.9 Å². The van der Waals surface area contributed by atoms with Gasteiger partial charge in [0.1, 0.15) is 18.0 Å². The third-order valence-corrected chi connectivity index (χ3v) is 6.01. The topological polar surface area (TPSA) is 92.7 Å². The van der Waals surface area contributed by atoms with Gasteiger partial charge in [0.25, 0.3) is 5.91 Å². The molecule has 0 bridgehead atoms. The van der Waals surface area contributed by atoms with Gasteiger partial charge in [0.2, 0.25) is 5.91 Å². The zero-order valence-corrected chi connectivity index (χ0v) is 20.4. The van der Waals surface area contributed by atoms with Crippen LogP contribution in [0.25, 0.3) is 11.8 Å². The molecule has 8 heteroatoms. The summed E-state index contributed by atoms with van der Waals surface area (Å²) in [5.41, 5.74) is 6.73. The van der Waals surface area contributed by atoms with Crippen LogP contribution >= 0.6 is 0 Å². The summed E-state index contributed by atoms with van der Waals surface area (Å²) in [7, 11) is 1.50. The van der Waals surface area contributed by atoms with Gasteiger partial charge < -0.3 is 19.9 Å². The van der Waals surface area contributed by atoms with Crippen LogP contribution in [0.5, 0.6) is 5.75 Å². The maximum Gasteiger partial charge on any atom is 0.329 e. The number of anilines is 1. The largest absolute Gasteiger partial charge is 0.495 e. The number of para-hydroxylation sites is 2. The lowest BCUT2D eigenvalue weighted by atomic mass is 10.1. The summed E-state index contributed by atoms with van der Waals surface area (Å²) < 4.78 is 7.35. The average Bonchev–Trinajstić information content (AvgIpc) is 3.23. The van der Waals surface area contributed by atoms with Crippen molar-refractivity contribution in [3.8, 4) is 11.4 Å². The first kappa shape index (κ1) is 23.8. The molecule has 8 nitrogen and oxygen atoms in total. The summed E-state index contributed by atoms with van der Waals surface area (Å²) in [4.78, 5) is 38.9. The van der Waals surface area contributed by atoms with Crippen LogP contribution in [0.4, 0.5) is 10.5 Å².